The number of nitrogens with zero attached hydrogens (tertiary/aromatic N) is 3. The molecule has 0 bridgehead atoms. The third-order valence-corrected chi connectivity index (χ3v) is 7.62. The molecular weight excluding hydrogens is 474 g/mol. The molecule has 37 heavy (non-hydrogen) atoms. The van der Waals surface area contributed by atoms with E-state index in [4.69, 9.17) is 17.2 Å². The molecule has 2 aromatic heterocycles. The molecule has 2 aromatic carbocycles. The van der Waals surface area contributed by atoms with Gasteiger partial charge >= 0.3 is 0 Å². The molecule has 5 rings (SSSR count). The van der Waals surface area contributed by atoms with Crippen LogP contribution in [-0.2, 0) is 6.42 Å². The van der Waals surface area contributed by atoms with E-state index >= 15 is 0 Å². The molecule has 190 valence electrons. The van der Waals surface area contributed by atoms with Crippen LogP contribution in [0.1, 0.15) is 53.6 Å². The Morgan fingerprint density at radius 3 is 2.43 bits per heavy atom. The molecule has 2 atom stereocenters. The molecule has 1 saturated heterocycles. The standard InChI is InChI=1S/C31H35N5S/c1-4-24-14-16-26(17-15-24)36-22(2)21-27(23(36)3)30-29(28-13-8-9-18-33-28)34-31(37)35(30)20-10-19-32-25-11-6-5-7-12-25/h5-9,11-18,21,29-30,32H,4,10,19-20H2,1-3H3,(H,34,37)/t29-,30+/m0/s1. The minimum absolute atomic E-state index is 0.00722. The Labute approximate surface area is 225 Å². The van der Waals surface area contributed by atoms with Crippen molar-refractivity contribution < 1.29 is 0 Å². The maximum atomic E-state index is 5.90. The molecule has 1 aliphatic rings. The number of benzene rings is 2. The summed E-state index contributed by atoms with van der Waals surface area (Å²) in [5, 5.41) is 7.92. The molecule has 0 spiro atoms. The lowest BCUT2D eigenvalue weighted by atomic mass is 9.96. The molecule has 6 heteroatoms. The molecule has 0 radical (unpaired) electrons. The van der Waals surface area contributed by atoms with E-state index in [1.165, 1.54) is 28.2 Å². The Bertz CT molecular complexity index is 1330. The van der Waals surface area contributed by atoms with Gasteiger partial charge in [-0.05, 0) is 92.5 Å². The number of aryl methyl sites for hydroxylation is 2. The summed E-state index contributed by atoms with van der Waals surface area (Å²) in [6.07, 6.45) is 3.88. The number of nitrogens with one attached hydrogen (secondary N) is 2. The van der Waals surface area contributed by atoms with Gasteiger partial charge in [0, 0.05) is 42.0 Å². The highest BCUT2D eigenvalue weighted by Gasteiger charge is 2.41. The molecule has 1 fully saturated rings. The van der Waals surface area contributed by atoms with E-state index < -0.39 is 0 Å². The lowest BCUT2D eigenvalue weighted by Gasteiger charge is -2.28. The van der Waals surface area contributed by atoms with Gasteiger partial charge in [-0.1, -0.05) is 43.3 Å². The fraction of sp³-hybridized carbons (Fsp3) is 0.290. The molecule has 3 heterocycles. The number of aromatic nitrogens is 2. The first-order valence-corrected chi connectivity index (χ1v) is 13.5. The van der Waals surface area contributed by atoms with Crippen LogP contribution in [0.2, 0.25) is 0 Å². The second-order valence-electron chi connectivity index (χ2n) is 9.65. The summed E-state index contributed by atoms with van der Waals surface area (Å²) >= 11 is 5.90. The molecule has 2 N–H and O–H groups in total. The van der Waals surface area contributed by atoms with E-state index in [1.807, 2.05) is 18.3 Å². The van der Waals surface area contributed by atoms with Crippen LogP contribution in [0.25, 0.3) is 5.69 Å². The minimum atomic E-state index is -0.00722. The number of rotatable bonds is 9. The summed E-state index contributed by atoms with van der Waals surface area (Å²) < 4.78 is 2.36. The van der Waals surface area contributed by atoms with E-state index in [0.717, 1.165) is 42.4 Å². The molecule has 0 unspecified atom stereocenters. The Morgan fingerprint density at radius 2 is 1.73 bits per heavy atom. The lowest BCUT2D eigenvalue weighted by molar-refractivity contribution is 0.315. The Kier molecular flexibility index (Phi) is 7.56. The van der Waals surface area contributed by atoms with Crippen molar-refractivity contribution in [3.8, 4) is 5.69 Å². The molecule has 1 aliphatic heterocycles. The third kappa shape index (κ3) is 5.25. The smallest absolute Gasteiger partial charge is 0.170 e. The average molecular weight is 510 g/mol. The van der Waals surface area contributed by atoms with Gasteiger partial charge in [0.2, 0.25) is 0 Å². The van der Waals surface area contributed by atoms with Crippen molar-refractivity contribution in [3.63, 3.8) is 0 Å². The Balaban J connectivity index is 1.45. The third-order valence-electron chi connectivity index (χ3n) is 7.27. The zero-order chi connectivity index (χ0) is 25.8. The molecule has 0 aliphatic carbocycles. The summed E-state index contributed by atoms with van der Waals surface area (Å²) in [5.41, 5.74) is 8.45. The quantitative estimate of drug-likeness (QED) is 0.198. The summed E-state index contributed by atoms with van der Waals surface area (Å²) in [6, 6.07) is 27.7. The first kappa shape index (κ1) is 25.0. The molecule has 0 amide bonds. The summed E-state index contributed by atoms with van der Waals surface area (Å²) in [7, 11) is 0. The van der Waals surface area contributed by atoms with Crippen molar-refractivity contribution in [1.82, 2.24) is 19.8 Å². The van der Waals surface area contributed by atoms with Crippen LogP contribution >= 0.6 is 12.2 Å². The normalized spacial score (nSPS) is 17.2. The Morgan fingerprint density at radius 1 is 0.973 bits per heavy atom. The Hall–Kier alpha value is -3.64. The second-order valence-corrected chi connectivity index (χ2v) is 10.0. The van der Waals surface area contributed by atoms with E-state index in [2.05, 4.69) is 108 Å². The van der Waals surface area contributed by atoms with E-state index in [9.17, 15) is 0 Å². The number of thiocarbonyl (C=S) groups is 1. The van der Waals surface area contributed by atoms with Crippen LogP contribution in [0.3, 0.4) is 0 Å². The van der Waals surface area contributed by atoms with Gasteiger partial charge in [0.15, 0.2) is 5.11 Å². The van der Waals surface area contributed by atoms with Crippen LogP contribution < -0.4 is 10.6 Å². The van der Waals surface area contributed by atoms with Crippen molar-refractivity contribution in [2.75, 3.05) is 18.4 Å². The van der Waals surface area contributed by atoms with Crippen molar-refractivity contribution in [2.45, 2.75) is 45.7 Å². The first-order valence-electron chi connectivity index (χ1n) is 13.1. The van der Waals surface area contributed by atoms with Gasteiger partial charge in [0.05, 0.1) is 17.8 Å². The second kappa shape index (κ2) is 11.2. The maximum absolute atomic E-state index is 5.90. The zero-order valence-corrected chi connectivity index (χ0v) is 22.6. The zero-order valence-electron chi connectivity index (χ0n) is 21.8. The minimum Gasteiger partial charge on any atom is -0.385 e. The highest BCUT2D eigenvalue weighted by atomic mass is 32.1. The fourth-order valence-corrected chi connectivity index (χ4v) is 5.72. The van der Waals surface area contributed by atoms with Gasteiger partial charge in [-0.25, -0.2) is 0 Å². The summed E-state index contributed by atoms with van der Waals surface area (Å²) in [5.74, 6) is 0. The topological polar surface area (TPSA) is 45.1 Å². The first-order chi connectivity index (χ1) is 18.1. The SMILES string of the molecule is CCc1ccc(-n2c(C)cc([C@@H]3[C@H](c4ccccn4)NC(=S)N3CCCNc3ccccc3)c2C)cc1. The highest BCUT2D eigenvalue weighted by molar-refractivity contribution is 7.80. The number of para-hydroxylation sites is 1. The monoisotopic (exact) mass is 509 g/mol. The van der Waals surface area contributed by atoms with E-state index in [0.29, 0.717) is 0 Å². The van der Waals surface area contributed by atoms with Gasteiger partial charge in [-0.15, -0.1) is 0 Å². The molecule has 5 nitrogen and oxygen atoms in total. The van der Waals surface area contributed by atoms with Crippen molar-refractivity contribution in [2.24, 2.45) is 0 Å². The number of hydrogen-bond donors (Lipinski definition) is 2. The number of anilines is 1. The van der Waals surface area contributed by atoms with Crippen LogP contribution in [0, 0.1) is 13.8 Å². The van der Waals surface area contributed by atoms with E-state index in [-0.39, 0.29) is 12.1 Å². The van der Waals surface area contributed by atoms with Crippen molar-refractivity contribution in [3.05, 3.63) is 113 Å². The van der Waals surface area contributed by atoms with Gasteiger partial charge in [0.1, 0.15) is 0 Å². The van der Waals surface area contributed by atoms with Crippen LogP contribution in [0.15, 0.2) is 85.1 Å². The van der Waals surface area contributed by atoms with Crippen LogP contribution in [0.5, 0.6) is 0 Å². The summed E-state index contributed by atoms with van der Waals surface area (Å²) in [6.45, 7) is 8.34. The number of pyridine rings is 1. The van der Waals surface area contributed by atoms with Crippen molar-refractivity contribution in [1.29, 1.82) is 0 Å². The highest BCUT2D eigenvalue weighted by Crippen LogP contribution is 2.41. The lowest BCUT2D eigenvalue weighted by Crippen LogP contribution is -2.31. The molecular formula is C31H35N5S. The number of hydrogen-bond acceptors (Lipinski definition) is 3. The average Bonchev–Trinajstić information content (AvgIpc) is 3.42. The van der Waals surface area contributed by atoms with Gasteiger partial charge in [-0.3, -0.25) is 4.98 Å². The summed E-state index contributed by atoms with van der Waals surface area (Å²) in [4.78, 5) is 7.06. The maximum Gasteiger partial charge on any atom is 0.170 e. The van der Waals surface area contributed by atoms with Crippen LogP contribution in [-0.4, -0.2) is 32.7 Å². The predicted molar refractivity (Wildman–Crippen MR) is 156 cm³/mol. The molecule has 4 aromatic rings. The largest absolute Gasteiger partial charge is 0.385 e. The predicted octanol–water partition coefficient (Wildman–Crippen LogP) is 6.53. The molecule has 0 saturated carbocycles. The van der Waals surface area contributed by atoms with Crippen molar-refractivity contribution >= 4 is 23.0 Å². The van der Waals surface area contributed by atoms with Crippen LogP contribution in [0.4, 0.5) is 5.69 Å². The van der Waals surface area contributed by atoms with Gasteiger partial charge in [-0.2, -0.15) is 0 Å². The van der Waals surface area contributed by atoms with Gasteiger partial charge < -0.3 is 20.1 Å². The van der Waals surface area contributed by atoms with E-state index in [1.54, 1.807) is 0 Å². The fourth-order valence-electron chi connectivity index (χ4n) is 5.39. The van der Waals surface area contributed by atoms with Gasteiger partial charge in [0.25, 0.3) is 0 Å².